The highest BCUT2D eigenvalue weighted by Gasteiger charge is 2.41. The van der Waals surface area contributed by atoms with E-state index in [0.717, 1.165) is 4.90 Å². The number of carbonyl (C=O) groups is 5. The van der Waals surface area contributed by atoms with Gasteiger partial charge in [0.2, 0.25) is 0 Å². The van der Waals surface area contributed by atoms with E-state index in [-0.39, 0.29) is 29.0 Å². The van der Waals surface area contributed by atoms with Gasteiger partial charge in [-0.15, -0.1) is 0 Å². The van der Waals surface area contributed by atoms with Gasteiger partial charge in [0.05, 0.1) is 35.0 Å². The first-order valence-electron chi connectivity index (χ1n) is 11.0. The molecule has 2 aliphatic rings. The minimum atomic E-state index is -1.23. The average Bonchev–Trinajstić information content (AvgIpc) is 3.12. The summed E-state index contributed by atoms with van der Waals surface area (Å²) in [5, 5.41) is 5.19. The number of nitrogens with zero attached hydrogens (tertiary/aromatic N) is 1. The molecule has 2 heterocycles. The van der Waals surface area contributed by atoms with E-state index < -0.39 is 48.5 Å². The first-order chi connectivity index (χ1) is 16.8. The summed E-state index contributed by atoms with van der Waals surface area (Å²) in [4.78, 5) is 64.1. The van der Waals surface area contributed by atoms with Crippen molar-refractivity contribution in [2.75, 3.05) is 13.2 Å². The van der Waals surface area contributed by atoms with Crippen molar-refractivity contribution in [3.8, 4) is 0 Å². The summed E-state index contributed by atoms with van der Waals surface area (Å²) in [6, 6.07) is 12.4. The zero-order valence-corrected chi connectivity index (χ0v) is 19.1. The smallest absolute Gasteiger partial charge is 0.338 e. The van der Waals surface area contributed by atoms with Crippen LogP contribution in [-0.2, 0) is 19.1 Å². The van der Waals surface area contributed by atoms with Gasteiger partial charge in [-0.25, -0.2) is 14.4 Å². The summed E-state index contributed by atoms with van der Waals surface area (Å²) in [6.07, 6.45) is 0. The van der Waals surface area contributed by atoms with Crippen molar-refractivity contribution in [2.24, 2.45) is 0 Å². The molecule has 2 atom stereocenters. The molecule has 0 saturated heterocycles. The molecule has 4 amide bonds. The summed E-state index contributed by atoms with van der Waals surface area (Å²) in [5.41, 5.74) is 1.18. The number of fused-ring (bicyclic) bond motifs is 1. The molecule has 10 heteroatoms. The number of amides is 4. The van der Waals surface area contributed by atoms with Crippen LogP contribution in [0.15, 0.2) is 65.9 Å². The SMILES string of the molecule is CCOC(=O)C1=C(COC(=O)[C@H](C)N2C(=O)c3ccccc3C2=O)NC(=O)N[C@@H]1c1ccccc1. The summed E-state index contributed by atoms with van der Waals surface area (Å²) in [7, 11) is 0. The number of rotatable bonds is 7. The number of benzene rings is 2. The fraction of sp³-hybridized carbons (Fsp3) is 0.240. The molecule has 2 aliphatic heterocycles. The van der Waals surface area contributed by atoms with Crippen molar-refractivity contribution < 1.29 is 33.4 Å². The second-order valence-electron chi connectivity index (χ2n) is 7.86. The Hall–Kier alpha value is -4.47. The van der Waals surface area contributed by atoms with Crippen LogP contribution in [0, 0.1) is 0 Å². The van der Waals surface area contributed by atoms with Crippen molar-refractivity contribution in [1.82, 2.24) is 15.5 Å². The molecule has 10 nitrogen and oxygen atoms in total. The van der Waals surface area contributed by atoms with E-state index in [0.29, 0.717) is 5.56 Å². The Labute approximate surface area is 200 Å². The van der Waals surface area contributed by atoms with E-state index in [4.69, 9.17) is 9.47 Å². The van der Waals surface area contributed by atoms with Gasteiger partial charge in [-0.3, -0.25) is 14.5 Å². The van der Waals surface area contributed by atoms with Gasteiger partial charge in [-0.1, -0.05) is 42.5 Å². The van der Waals surface area contributed by atoms with Crippen LogP contribution in [0.4, 0.5) is 4.79 Å². The van der Waals surface area contributed by atoms with Crippen LogP contribution in [0.1, 0.15) is 46.2 Å². The van der Waals surface area contributed by atoms with Crippen LogP contribution < -0.4 is 10.6 Å². The van der Waals surface area contributed by atoms with E-state index in [2.05, 4.69) is 10.6 Å². The molecule has 0 fully saturated rings. The number of urea groups is 1. The topological polar surface area (TPSA) is 131 Å². The first-order valence-corrected chi connectivity index (χ1v) is 11.0. The van der Waals surface area contributed by atoms with Gasteiger partial charge in [0.25, 0.3) is 11.8 Å². The van der Waals surface area contributed by atoms with Crippen molar-refractivity contribution in [3.05, 3.63) is 82.6 Å². The van der Waals surface area contributed by atoms with Crippen molar-refractivity contribution in [1.29, 1.82) is 0 Å². The third-order valence-electron chi connectivity index (χ3n) is 5.69. The minimum absolute atomic E-state index is 0.0453. The Bertz CT molecular complexity index is 1200. The lowest BCUT2D eigenvalue weighted by Crippen LogP contribution is -2.48. The fourth-order valence-corrected chi connectivity index (χ4v) is 4.01. The standard InChI is InChI=1S/C25H23N3O7/c1-3-34-24(32)19-18(26-25(33)27-20(19)15-9-5-4-6-10-15)13-35-23(31)14(2)28-21(29)16-11-7-8-12-17(16)22(28)30/h4-12,14,20H,3,13H2,1-2H3,(H2,26,27,33)/t14-,20+/m0/s1. The van der Waals surface area contributed by atoms with Gasteiger partial charge < -0.3 is 20.1 Å². The summed E-state index contributed by atoms with van der Waals surface area (Å²) >= 11 is 0. The zero-order valence-electron chi connectivity index (χ0n) is 19.1. The van der Waals surface area contributed by atoms with Crippen LogP contribution >= 0.6 is 0 Å². The zero-order chi connectivity index (χ0) is 25.1. The van der Waals surface area contributed by atoms with Gasteiger partial charge >= 0.3 is 18.0 Å². The Morgan fingerprint density at radius 3 is 2.14 bits per heavy atom. The number of ether oxygens (including phenoxy) is 2. The highest BCUT2D eigenvalue weighted by Crippen LogP contribution is 2.28. The molecule has 0 radical (unpaired) electrons. The molecular formula is C25H23N3O7. The summed E-state index contributed by atoms with van der Waals surface area (Å²) in [5.74, 6) is -2.76. The second kappa shape index (κ2) is 9.80. The van der Waals surface area contributed by atoms with Gasteiger partial charge in [-0.05, 0) is 31.5 Å². The quantitative estimate of drug-likeness (QED) is 0.461. The molecule has 0 aliphatic carbocycles. The lowest BCUT2D eigenvalue weighted by atomic mass is 9.95. The predicted octanol–water partition coefficient (Wildman–Crippen LogP) is 2.09. The minimum Gasteiger partial charge on any atom is -0.463 e. The van der Waals surface area contributed by atoms with E-state index in [1.54, 1.807) is 49.4 Å². The lowest BCUT2D eigenvalue weighted by molar-refractivity contribution is -0.147. The second-order valence-corrected chi connectivity index (χ2v) is 7.86. The highest BCUT2D eigenvalue weighted by molar-refractivity contribution is 6.22. The largest absolute Gasteiger partial charge is 0.463 e. The third kappa shape index (κ3) is 4.50. The number of esters is 2. The molecule has 0 spiro atoms. The number of hydrogen-bond donors (Lipinski definition) is 2. The van der Waals surface area contributed by atoms with E-state index in [1.807, 2.05) is 0 Å². The van der Waals surface area contributed by atoms with E-state index >= 15 is 0 Å². The van der Waals surface area contributed by atoms with E-state index in [9.17, 15) is 24.0 Å². The highest BCUT2D eigenvalue weighted by atomic mass is 16.5. The van der Waals surface area contributed by atoms with E-state index in [1.165, 1.54) is 19.1 Å². The van der Waals surface area contributed by atoms with Crippen LogP contribution in [0.5, 0.6) is 0 Å². The molecule has 180 valence electrons. The summed E-state index contributed by atoms with van der Waals surface area (Å²) < 4.78 is 10.5. The van der Waals surface area contributed by atoms with Crippen LogP contribution in [0.2, 0.25) is 0 Å². The Balaban J connectivity index is 1.57. The average molecular weight is 477 g/mol. The molecule has 35 heavy (non-hydrogen) atoms. The molecule has 2 aromatic rings. The van der Waals surface area contributed by atoms with Crippen LogP contribution in [0.25, 0.3) is 0 Å². The molecule has 4 rings (SSSR count). The predicted molar refractivity (Wildman–Crippen MR) is 122 cm³/mol. The van der Waals surface area contributed by atoms with Gasteiger partial charge in [-0.2, -0.15) is 0 Å². The number of hydrogen-bond acceptors (Lipinski definition) is 7. The number of carbonyl (C=O) groups excluding carboxylic acids is 5. The molecule has 0 bridgehead atoms. The molecule has 2 N–H and O–H groups in total. The molecule has 0 saturated carbocycles. The maximum absolute atomic E-state index is 12.8. The van der Waals surface area contributed by atoms with Crippen molar-refractivity contribution in [2.45, 2.75) is 25.9 Å². The van der Waals surface area contributed by atoms with Gasteiger partial charge in [0.1, 0.15) is 12.6 Å². The molecule has 0 aromatic heterocycles. The Morgan fingerprint density at radius 1 is 0.943 bits per heavy atom. The van der Waals surface area contributed by atoms with Gasteiger partial charge in [0.15, 0.2) is 0 Å². The maximum atomic E-state index is 12.8. The maximum Gasteiger partial charge on any atom is 0.338 e. The molecular weight excluding hydrogens is 454 g/mol. The fourth-order valence-electron chi connectivity index (χ4n) is 4.01. The van der Waals surface area contributed by atoms with Crippen LogP contribution in [-0.4, -0.2) is 53.9 Å². The number of nitrogens with one attached hydrogen (secondary N) is 2. The third-order valence-corrected chi connectivity index (χ3v) is 5.69. The lowest BCUT2D eigenvalue weighted by Gasteiger charge is -2.29. The number of imide groups is 1. The van der Waals surface area contributed by atoms with Crippen molar-refractivity contribution in [3.63, 3.8) is 0 Å². The van der Waals surface area contributed by atoms with Crippen LogP contribution in [0.3, 0.4) is 0 Å². The molecule has 0 unspecified atom stereocenters. The normalized spacial score (nSPS) is 17.9. The molecule has 2 aromatic carbocycles. The first kappa shape index (κ1) is 23.7. The summed E-state index contributed by atoms with van der Waals surface area (Å²) in [6.45, 7) is 2.64. The monoisotopic (exact) mass is 477 g/mol. The van der Waals surface area contributed by atoms with Crippen molar-refractivity contribution >= 4 is 29.8 Å². The Morgan fingerprint density at radius 2 is 1.54 bits per heavy atom. The Kier molecular flexibility index (Phi) is 6.63. The van der Waals surface area contributed by atoms with Gasteiger partial charge in [0, 0.05) is 0 Å².